The van der Waals surface area contributed by atoms with Gasteiger partial charge in [0.1, 0.15) is 0 Å². The number of rotatable bonds is 6. The minimum atomic E-state index is 0.123. The van der Waals surface area contributed by atoms with Crippen LogP contribution >= 0.6 is 0 Å². The summed E-state index contributed by atoms with van der Waals surface area (Å²) in [4.78, 5) is 31.3. The lowest BCUT2D eigenvalue weighted by atomic mass is 10.1. The summed E-state index contributed by atoms with van der Waals surface area (Å²) >= 11 is 0. The molecule has 0 aliphatic carbocycles. The van der Waals surface area contributed by atoms with Gasteiger partial charge in [0.2, 0.25) is 11.8 Å². The Morgan fingerprint density at radius 1 is 1.48 bits per heavy atom. The van der Waals surface area contributed by atoms with Crippen LogP contribution in [-0.4, -0.2) is 46.7 Å². The smallest absolute Gasteiger partial charge is 0.222 e. The number of nitrogens with zero attached hydrogens (tertiary/aromatic N) is 3. The van der Waals surface area contributed by atoms with Crippen LogP contribution in [0.3, 0.4) is 0 Å². The van der Waals surface area contributed by atoms with Gasteiger partial charge in [0.15, 0.2) is 0 Å². The fourth-order valence-electron chi connectivity index (χ4n) is 2.58. The molecule has 2 rings (SSSR count). The summed E-state index contributed by atoms with van der Waals surface area (Å²) in [7, 11) is 1.82. The van der Waals surface area contributed by atoms with Gasteiger partial charge in [-0.15, -0.1) is 0 Å². The zero-order valence-corrected chi connectivity index (χ0v) is 12.8. The molecule has 0 spiro atoms. The Bertz CT molecular complexity index is 516. The molecule has 1 fully saturated rings. The molecule has 5 heteroatoms. The second-order valence-electron chi connectivity index (χ2n) is 5.64. The second kappa shape index (κ2) is 7.20. The van der Waals surface area contributed by atoms with E-state index in [-0.39, 0.29) is 11.8 Å². The molecule has 2 heterocycles. The topological polar surface area (TPSA) is 53.5 Å². The third-order valence-electron chi connectivity index (χ3n) is 3.96. The first kappa shape index (κ1) is 15.5. The van der Waals surface area contributed by atoms with Crippen molar-refractivity contribution >= 4 is 11.8 Å². The minimum Gasteiger partial charge on any atom is -0.343 e. The first-order chi connectivity index (χ1) is 10.1. The third kappa shape index (κ3) is 4.28. The molecule has 2 amide bonds. The molecule has 1 aromatic heterocycles. The molecule has 0 radical (unpaired) electrons. The Labute approximate surface area is 126 Å². The van der Waals surface area contributed by atoms with Gasteiger partial charge in [-0.05, 0) is 37.0 Å². The van der Waals surface area contributed by atoms with Crippen LogP contribution in [0.25, 0.3) is 0 Å². The average molecular weight is 289 g/mol. The standard InChI is InChI=1S/C16H23N3O2/c1-13-11-17-8-7-14(13)12-18(2)15(20)5-3-9-19-10-4-6-16(19)21/h7-8,11H,3-6,9-10,12H2,1-2H3. The van der Waals surface area contributed by atoms with Gasteiger partial charge in [0.25, 0.3) is 0 Å². The molecule has 0 atom stereocenters. The Morgan fingerprint density at radius 3 is 2.95 bits per heavy atom. The van der Waals surface area contributed by atoms with Crippen molar-refractivity contribution in [2.24, 2.45) is 0 Å². The van der Waals surface area contributed by atoms with Gasteiger partial charge in [-0.3, -0.25) is 14.6 Å². The molecule has 0 unspecified atom stereocenters. The maximum absolute atomic E-state index is 12.1. The summed E-state index contributed by atoms with van der Waals surface area (Å²) in [5.74, 6) is 0.348. The van der Waals surface area contributed by atoms with Crippen molar-refractivity contribution in [3.8, 4) is 0 Å². The number of carbonyl (C=O) groups is 2. The third-order valence-corrected chi connectivity index (χ3v) is 3.96. The molecule has 0 bridgehead atoms. The van der Waals surface area contributed by atoms with Crippen LogP contribution in [0.5, 0.6) is 0 Å². The highest BCUT2D eigenvalue weighted by molar-refractivity contribution is 5.78. The van der Waals surface area contributed by atoms with E-state index in [2.05, 4.69) is 4.98 Å². The second-order valence-corrected chi connectivity index (χ2v) is 5.64. The quantitative estimate of drug-likeness (QED) is 0.801. The predicted molar refractivity (Wildman–Crippen MR) is 80.5 cm³/mol. The highest BCUT2D eigenvalue weighted by Gasteiger charge is 2.20. The van der Waals surface area contributed by atoms with E-state index >= 15 is 0 Å². The van der Waals surface area contributed by atoms with Gasteiger partial charge in [0, 0.05) is 51.9 Å². The van der Waals surface area contributed by atoms with E-state index in [0.29, 0.717) is 25.9 Å². The molecule has 21 heavy (non-hydrogen) atoms. The molecule has 1 aromatic rings. The van der Waals surface area contributed by atoms with Crippen molar-refractivity contribution in [1.82, 2.24) is 14.8 Å². The lowest BCUT2D eigenvalue weighted by Crippen LogP contribution is -2.29. The molecule has 0 aromatic carbocycles. The van der Waals surface area contributed by atoms with E-state index in [4.69, 9.17) is 0 Å². The number of amides is 2. The van der Waals surface area contributed by atoms with Gasteiger partial charge in [-0.1, -0.05) is 0 Å². The fourth-order valence-corrected chi connectivity index (χ4v) is 2.58. The lowest BCUT2D eigenvalue weighted by molar-refractivity contribution is -0.132. The Morgan fingerprint density at radius 2 is 2.29 bits per heavy atom. The fraction of sp³-hybridized carbons (Fsp3) is 0.562. The summed E-state index contributed by atoms with van der Waals surface area (Å²) in [6, 6.07) is 1.95. The molecule has 0 N–H and O–H groups in total. The monoisotopic (exact) mass is 289 g/mol. The molecule has 0 saturated carbocycles. The van der Waals surface area contributed by atoms with Crippen molar-refractivity contribution in [2.45, 2.75) is 39.2 Å². The number of likely N-dealkylation sites (tertiary alicyclic amines) is 1. The van der Waals surface area contributed by atoms with Gasteiger partial charge in [-0.2, -0.15) is 0 Å². The van der Waals surface area contributed by atoms with Crippen molar-refractivity contribution in [1.29, 1.82) is 0 Å². The Balaban J connectivity index is 1.75. The van der Waals surface area contributed by atoms with Gasteiger partial charge in [-0.25, -0.2) is 0 Å². The molecule has 1 aliphatic heterocycles. The number of hydrogen-bond donors (Lipinski definition) is 0. The largest absolute Gasteiger partial charge is 0.343 e. The van der Waals surface area contributed by atoms with Crippen molar-refractivity contribution < 1.29 is 9.59 Å². The number of aromatic nitrogens is 1. The molecular weight excluding hydrogens is 266 g/mol. The molecule has 114 valence electrons. The molecule has 5 nitrogen and oxygen atoms in total. The summed E-state index contributed by atoms with van der Waals surface area (Å²) in [5.41, 5.74) is 2.22. The van der Waals surface area contributed by atoms with E-state index in [1.54, 1.807) is 11.1 Å². The normalized spacial score (nSPS) is 14.6. The van der Waals surface area contributed by atoms with Crippen molar-refractivity contribution in [2.75, 3.05) is 20.1 Å². The van der Waals surface area contributed by atoms with Crippen LogP contribution in [0.2, 0.25) is 0 Å². The van der Waals surface area contributed by atoms with Crippen molar-refractivity contribution in [3.05, 3.63) is 29.6 Å². The Hall–Kier alpha value is -1.91. The van der Waals surface area contributed by atoms with E-state index < -0.39 is 0 Å². The summed E-state index contributed by atoms with van der Waals surface area (Å²) in [6.07, 6.45) is 6.41. The number of hydrogen-bond acceptors (Lipinski definition) is 3. The first-order valence-corrected chi connectivity index (χ1v) is 7.49. The van der Waals surface area contributed by atoms with Crippen LogP contribution < -0.4 is 0 Å². The zero-order valence-electron chi connectivity index (χ0n) is 12.8. The van der Waals surface area contributed by atoms with Crippen LogP contribution in [0.15, 0.2) is 18.5 Å². The maximum Gasteiger partial charge on any atom is 0.222 e. The lowest BCUT2D eigenvalue weighted by Gasteiger charge is -2.20. The minimum absolute atomic E-state index is 0.123. The SMILES string of the molecule is Cc1cnccc1CN(C)C(=O)CCCN1CCCC1=O. The summed E-state index contributed by atoms with van der Waals surface area (Å²) in [6.45, 7) is 4.15. The average Bonchev–Trinajstić information content (AvgIpc) is 2.87. The highest BCUT2D eigenvalue weighted by Crippen LogP contribution is 2.12. The molecule has 1 aliphatic rings. The van der Waals surface area contributed by atoms with Crippen LogP contribution in [-0.2, 0) is 16.1 Å². The summed E-state index contributed by atoms with van der Waals surface area (Å²) in [5, 5.41) is 0. The van der Waals surface area contributed by atoms with Crippen LogP contribution in [0.4, 0.5) is 0 Å². The number of pyridine rings is 1. The highest BCUT2D eigenvalue weighted by atomic mass is 16.2. The molecule has 1 saturated heterocycles. The van der Waals surface area contributed by atoms with Gasteiger partial charge < -0.3 is 9.80 Å². The number of carbonyl (C=O) groups excluding carboxylic acids is 2. The maximum atomic E-state index is 12.1. The van der Waals surface area contributed by atoms with Gasteiger partial charge >= 0.3 is 0 Å². The van der Waals surface area contributed by atoms with E-state index in [0.717, 1.165) is 30.5 Å². The van der Waals surface area contributed by atoms with Crippen molar-refractivity contribution in [3.63, 3.8) is 0 Å². The van der Waals surface area contributed by atoms with E-state index in [9.17, 15) is 9.59 Å². The van der Waals surface area contributed by atoms with E-state index in [1.807, 2.05) is 31.1 Å². The number of aryl methyl sites for hydroxylation is 1. The van der Waals surface area contributed by atoms with Crippen LogP contribution in [0.1, 0.15) is 36.8 Å². The van der Waals surface area contributed by atoms with E-state index in [1.165, 1.54) is 0 Å². The van der Waals surface area contributed by atoms with Gasteiger partial charge in [0.05, 0.1) is 0 Å². The Kier molecular flexibility index (Phi) is 5.31. The first-order valence-electron chi connectivity index (χ1n) is 7.49. The zero-order chi connectivity index (χ0) is 15.2. The molecular formula is C16H23N3O2. The predicted octanol–water partition coefficient (Wildman–Crippen LogP) is 1.75. The summed E-state index contributed by atoms with van der Waals surface area (Å²) < 4.78 is 0. The van der Waals surface area contributed by atoms with Crippen LogP contribution in [0, 0.1) is 6.92 Å².